The Hall–Kier alpha value is -3.29. The number of benzene rings is 3. The van der Waals surface area contributed by atoms with Crippen molar-refractivity contribution in [2.45, 2.75) is 38.6 Å². The number of hydrogen-bond donors (Lipinski definition) is 0. The first-order valence-corrected chi connectivity index (χ1v) is 12.3. The SMILES string of the molecule is CCN(C(C)c1nc2ccccc2c(=O)n1-c1cccc(C)c1)S(=O)(=O)c1ccc(C)cc1. The molecule has 0 aliphatic heterocycles. The van der Waals surface area contributed by atoms with Gasteiger partial charge in [0.2, 0.25) is 10.0 Å². The third-order valence-electron chi connectivity index (χ3n) is 5.81. The standard InChI is InChI=1S/C26H27N3O3S/c1-5-28(33(31,32)22-15-13-18(2)14-16-22)20(4)25-27-24-12-7-6-11-23(24)26(30)29(25)21-10-8-9-19(3)17-21/h6-17,20H,5H2,1-4H3. The predicted molar refractivity (Wildman–Crippen MR) is 131 cm³/mol. The summed E-state index contributed by atoms with van der Waals surface area (Å²) >= 11 is 0. The molecule has 1 aromatic heterocycles. The van der Waals surface area contributed by atoms with Crippen molar-refractivity contribution in [3.05, 3.63) is 100 Å². The molecule has 4 aromatic rings. The molecular formula is C26H27N3O3S. The zero-order chi connectivity index (χ0) is 23.8. The summed E-state index contributed by atoms with van der Waals surface area (Å²) in [6, 6.07) is 20.8. The zero-order valence-corrected chi connectivity index (χ0v) is 20.0. The van der Waals surface area contributed by atoms with Crippen molar-refractivity contribution in [1.29, 1.82) is 0 Å². The highest BCUT2D eigenvalue weighted by Crippen LogP contribution is 2.28. The van der Waals surface area contributed by atoms with Crippen molar-refractivity contribution in [2.75, 3.05) is 6.54 Å². The average molecular weight is 462 g/mol. The fourth-order valence-corrected chi connectivity index (χ4v) is 5.67. The van der Waals surface area contributed by atoms with Crippen molar-refractivity contribution >= 4 is 20.9 Å². The second-order valence-corrected chi connectivity index (χ2v) is 10.1. The molecule has 33 heavy (non-hydrogen) atoms. The second-order valence-electron chi connectivity index (χ2n) is 8.16. The molecule has 3 aromatic carbocycles. The molecule has 7 heteroatoms. The van der Waals surface area contributed by atoms with Crippen LogP contribution in [0.3, 0.4) is 0 Å². The highest BCUT2D eigenvalue weighted by molar-refractivity contribution is 7.89. The first kappa shape index (κ1) is 22.9. The van der Waals surface area contributed by atoms with Crippen LogP contribution in [0.2, 0.25) is 0 Å². The molecule has 6 nitrogen and oxygen atoms in total. The molecule has 1 unspecified atom stereocenters. The van der Waals surface area contributed by atoms with Gasteiger partial charge in [0.05, 0.1) is 27.5 Å². The van der Waals surface area contributed by atoms with E-state index in [1.165, 1.54) is 8.87 Å². The van der Waals surface area contributed by atoms with Crippen molar-refractivity contribution in [3.63, 3.8) is 0 Å². The molecule has 0 aliphatic carbocycles. The fourth-order valence-electron chi connectivity index (χ4n) is 4.07. The van der Waals surface area contributed by atoms with Crippen molar-refractivity contribution in [2.24, 2.45) is 0 Å². The van der Waals surface area contributed by atoms with Crippen LogP contribution in [-0.4, -0.2) is 28.8 Å². The van der Waals surface area contributed by atoms with E-state index in [0.29, 0.717) is 22.4 Å². The van der Waals surface area contributed by atoms with Gasteiger partial charge in [-0.2, -0.15) is 4.31 Å². The topological polar surface area (TPSA) is 72.3 Å². The number of aromatic nitrogens is 2. The number of sulfonamides is 1. The summed E-state index contributed by atoms with van der Waals surface area (Å²) in [6.45, 7) is 7.66. The largest absolute Gasteiger partial charge is 0.268 e. The van der Waals surface area contributed by atoms with Crippen LogP contribution in [0.1, 0.15) is 36.8 Å². The quantitative estimate of drug-likeness (QED) is 0.414. The summed E-state index contributed by atoms with van der Waals surface area (Å²) in [7, 11) is -3.81. The Morgan fingerprint density at radius 3 is 2.30 bits per heavy atom. The molecule has 0 N–H and O–H groups in total. The number of fused-ring (bicyclic) bond motifs is 1. The Balaban J connectivity index is 1.95. The molecule has 0 radical (unpaired) electrons. The zero-order valence-electron chi connectivity index (χ0n) is 19.2. The van der Waals surface area contributed by atoms with Gasteiger partial charge in [-0.1, -0.05) is 48.9 Å². The molecule has 1 heterocycles. The Morgan fingerprint density at radius 1 is 0.939 bits per heavy atom. The van der Waals surface area contributed by atoms with Gasteiger partial charge in [-0.25, -0.2) is 13.4 Å². The highest BCUT2D eigenvalue weighted by atomic mass is 32.2. The lowest BCUT2D eigenvalue weighted by atomic mass is 10.1. The molecule has 1 atom stereocenters. The summed E-state index contributed by atoms with van der Waals surface area (Å²) in [5.74, 6) is 0.377. The van der Waals surface area contributed by atoms with Crippen LogP contribution in [0.25, 0.3) is 16.6 Å². The summed E-state index contributed by atoms with van der Waals surface area (Å²) in [5, 5.41) is 0.486. The lowest BCUT2D eigenvalue weighted by molar-refractivity contribution is 0.340. The normalized spacial score (nSPS) is 12.9. The third-order valence-corrected chi connectivity index (χ3v) is 7.87. The van der Waals surface area contributed by atoms with E-state index >= 15 is 0 Å². The van der Waals surface area contributed by atoms with Gasteiger partial charge < -0.3 is 0 Å². The van der Waals surface area contributed by atoms with E-state index in [1.54, 1.807) is 56.3 Å². The summed E-state index contributed by atoms with van der Waals surface area (Å²) in [5.41, 5.74) is 2.94. The van der Waals surface area contributed by atoms with Gasteiger partial charge in [-0.05, 0) is 62.7 Å². The minimum Gasteiger partial charge on any atom is -0.268 e. The molecule has 0 amide bonds. The van der Waals surface area contributed by atoms with Crippen LogP contribution in [0.4, 0.5) is 0 Å². The van der Waals surface area contributed by atoms with Crippen molar-refractivity contribution < 1.29 is 8.42 Å². The number of hydrogen-bond acceptors (Lipinski definition) is 4. The van der Waals surface area contributed by atoms with Gasteiger partial charge in [0.15, 0.2) is 0 Å². The van der Waals surface area contributed by atoms with E-state index in [9.17, 15) is 13.2 Å². The maximum absolute atomic E-state index is 13.6. The van der Waals surface area contributed by atoms with E-state index < -0.39 is 16.1 Å². The average Bonchev–Trinajstić information content (AvgIpc) is 2.79. The molecule has 0 saturated heterocycles. The van der Waals surface area contributed by atoms with Crippen LogP contribution in [-0.2, 0) is 10.0 Å². The molecule has 0 aliphatic rings. The number of nitrogens with zero attached hydrogens (tertiary/aromatic N) is 3. The third kappa shape index (κ3) is 4.21. The molecule has 0 spiro atoms. The Morgan fingerprint density at radius 2 is 1.64 bits per heavy atom. The first-order valence-electron chi connectivity index (χ1n) is 10.9. The molecular weight excluding hydrogens is 434 g/mol. The van der Waals surface area contributed by atoms with E-state index in [2.05, 4.69) is 0 Å². The molecule has 0 bridgehead atoms. The van der Waals surface area contributed by atoms with Crippen LogP contribution in [0, 0.1) is 13.8 Å². The monoisotopic (exact) mass is 461 g/mol. The highest BCUT2D eigenvalue weighted by Gasteiger charge is 2.32. The van der Waals surface area contributed by atoms with Crippen LogP contribution < -0.4 is 5.56 Å². The minimum absolute atomic E-state index is 0.215. The molecule has 4 rings (SSSR count). The van der Waals surface area contributed by atoms with Crippen molar-refractivity contribution in [1.82, 2.24) is 13.9 Å². The van der Waals surface area contributed by atoms with Crippen LogP contribution >= 0.6 is 0 Å². The lowest BCUT2D eigenvalue weighted by Gasteiger charge is -2.29. The maximum Gasteiger partial charge on any atom is 0.266 e. The van der Waals surface area contributed by atoms with Gasteiger partial charge in [-0.15, -0.1) is 0 Å². The lowest BCUT2D eigenvalue weighted by Crippen LogP contribution is -2.37. The summed E-state index contributed by atoms with van der Waals surface area (Å²) in [4.78, 5) is 18.6. The fraction of sp³-hybridized carbons (Fsp3) is 0.231. The Bertz CT molecular complexity index is 1480. The van der Waals surface area contributed by atoms with E-state index in [1.807, 2.05) is 44.2 Å². The summed E-state index contributed by atoms with van der Waals surface area (Å²) < 4.78 is 30.0. The van der Waals surface area contributed by atoms with Gasteiger partial charge >= 0.3 is 0 Å². The predicted octanol–water partition coefficient (Wildman–Crippen LogP) is 4.77. The van der Waals surface area contributed by atoms with Crippen molar-refractivity contribution in [3.8, 4) is 5.69 Å². The molecule has 0 saturated carbocycles. The Labute approximate surface area is 194 Å². The summed E-state index contributed by atoms with van der Waals surface area (Å²) in [6.07, 6.45) is 0. The smallest absolute Gasteiger partial charge is 0.266 e. The number of rotatable bonds is 6. The first-order chi connectivity index (χ1) is 15.7. The maximum atomic E-state index is 13.6. The Kier molecular flexibility index (Phi) is 6.19. The minimum atomic E-state index is -3.81. The number of aryl methyl sites for hydroxylation is 2. The molecule has 0 fully saturated rings. The van der Waals surface area contributed by atoms with Gasteiger partial charge in [0.25, 0.3) is 5.56 Å². The van der Waals surface area contributed by atoms with Crippen LogP contribution in [0.5, 0.6) is 0 Å². The van der Waals surface area contributed by atoms with E-state index in [0.717, 1.165) is 11.1 Å². The second kappa shape index (κ2) is 8.92. The van der Waals surface area contributed by atoms with Gasteiger partial charge in [-0.3, -0.25) is 9.36 Å². The van der Waals surface area contributed by atoms with Gasteiger partial charge in [0, 0.05) is 6.54 Å². The van der Waals surface area contributed by atoms with Crippen LogP contribution in [0.15, 0.2) is 82.5 Å². The van der Waals surface area contributed by atoms with E-state index in [4.69, 9.17) is 4.98 Å². The van der Waals surface area contributed by atoms with E-state index in [-0.39, 0.29) is 17.0 Å². The molecule has 170 valence electrons. The van der Waals surface area contributed by atoms with Gasteiger partial charge in [0.1, 0.15) is 5.82 Å². The number of para-hydroxylation sites is 1.